The molecule has 2 rings (SSSR count). The maximum absolute atomic E-state index is 5.79. The van der Waals surface area contributed by atoms with Gasteiger partial charge in [0.15, 0.2) is 0 Å². The van der Waals surface area contributed by atoms with Crippen LogP contribution in [-0.2, 0) is 0 Å². The molecule has 0 aliphatic rings. The van der Waals surface area contributed by atoms with E-state index in [1.165, 1.54) is 0 Å². The molecule has 0 N–H and O–H groups in total. The van der Waals surface area contributed by atoms with Gasteiger partial charge in [0, 0.05) is 0 Å². The summed E-state index contributed by atoms with van der Waals surface area (Å²) < 4.78 is 5.45. The van der Waals surface area contributed by atoms with E-state index >= 15 is 0 Å². The third-order valence-electron chi connectivity index (χ3n) is 1.87. The number of halogens is 1. The number of pyridine rings is 1. The standard InChI is InChI=1S/C9H6ClNO.CH2.Al/c10-9-5-4-6-7(11-9)2-1-3-8(6)12;;/h1-5,12H;1H2;/q;;+1/p-1. The van der Waals surface area contributed by atoms with Gasteiger partial charge in [0.1, 0.15) is 0 Å². The number of nitrogens with zero attached hydrogens (tertiary/aromatic N) is 1. The van der Waals surface area contributed by atoms with Crippen LogP contribution in [-0.4, -0.2) is 25.5 Å². The molecule has 4 heteroatoms. The number of hydrogen-bond donors (Lipinski definition) is 0. The molecule has 1 aromatic carbocycles. The molecule has 0 atom stereocenters. The van der Waals surface area contributed by atoms with E-state index in [0.717, 1.165) is 16.7 Å². The Bertz CT molecular complexity index is 487. The van der Waals surface area contributed by atoms with Crippen LogP contribution in [0.25, 0.3) is 10.9 Å². The van der Waals surface area contributed by atoms with Gasteiger partial charge in [0.2, 0.25) is 0 Å². The summed E-state index contributed by atoms with van der Waals surface area (Å²) in [5, 5.41) is 5.20. The number of benzene rings is 1. The van der Waals surface area contributed by atoms with E-state index in [1.807, 2.05) is 24.3 Å². The molecule has 14 heavy (non-hydrogen) atoms. The zero-order valence-corrected chi connectivity index (χ0v) is 9.32. The second-order valence-electron chi connectivity index (χ2n) is 2.74. The van der Waals surface area contributed by atoms with Gasteiger partial charge in [-0.25, -0.2) is 0 Å². The third kappa shape index (κ3) is 1.81. The minimum absolute atomic E-state index is 0.254. The summed E-state index contributed by atoms with van der Waals surface area (Å²) >= 11 is 5.54. The van der Waals surface area contributed by atoms with Gasteiger partial charge < -0.3 is 0 Å². The molecule has 0 bridgehead atoms. The maximum atomic E-state index is 5.79. The number of fused-ring (bicyclic) bond motifs is 1. The van der Waals surface area contributed by atoms with Crippen molar-refractivity contribution in [2.24, 2.45) is 0 Å². The Hall–Kier alpha value is -0.878. The van der Waals surface area contributed by atoms with Gasteiger partial charge in [-0.2, -0.15) is 0 Å². The van der Waals surface area contributed by atoms with Gasteiger partial charge in [-0.15, -0.1) is 0 Å². The Kier molecular flexibility index (Phi) is 2.83. The quantitative estimate of drug-likeness (QED) is 0.571. The average Bonchev–Trinajstić information content (AvgIpc) is 2.18. The third-order valence-corrected chi connectivity index (χ3v) is 2.50. The molecular weight excluding hydrogens is 213 g/mol. The summed E-state index contributed by atoms with van der Waals surface area (Å²) in [5.74, 6) is 0.830. The first-order chi connectivity index (χ1) is 6.81. The molecule has 2 nitrogen and oxygen atoms in total. The summed E-state index contributed by atoms with van der Waals surface area (Å²) in [6.45, 7) is 0. The van der Waals surface area contributed by atoms with Gasteiger partial charge in [-0.05, 0) is 0 Å². The molecule has 68 valence electrons. The second-order valence-corrected chi connectivity index (χ2v) is 3.70. The molecule has 0 amide bonds. The van der Waals surface area contributed by atoms with Gasteiger partial charge in [-0.3, -0.25) is 0 Å². The van der Waals surface area contributed by atoms with Gasteiger partial charge in [0.25, 0.3) is 0 Å². The number of aromatic nitrogens is 1. The van der Waals surface area contributed by atoms with Gasteiger partial charge in [0.05, 0.1) is 0 Å². The Labute approximate surface area is 93.1 Å². The van der Waals surface area contributed by atoms with Crippen LogP contribution in [0.2, 0.25) is 5.15 Å². The van der Waals surface area contributed by atoms with Crippen LogP contribution in [0, 0.1) is 0 Å². The molecule has 1 aromatic heterocycles. The SMILES string of the molecule is [CH2]=[Al][O]c1cccc2nc(Cl)ccc12. The second kappa shape index (κ2) is 4.10. The van der Waals surface area contributed by atoms with Crippen molar-refractivity contribution in [2.45, 2.75) is 0 Å². The predicted molar refractivity (Wildman–Crippen MR) is 60.3 cm³/mol. The number of hydrogen-bond acceptors (Lipinski definition) is 2. The van der Waals surface area contributed by atoms with E-state index in [2.05, 4.69) is 10.4 Å². The van der Waals surface area contributed by atoms with E-state index in [4.69, 9.17) is 15.4 Å². The fourth-order valence-corrected chi connectivity index (χ4v) is 1.83. The zero-order valence-electron chi connectivity index (χ0n) is 7.40. The molecule has 0 saturated carbocycles. The van der Waals surface area contributed by atoms with Crippen molar-refractivity contribution < 1.29 is 3.79 Å². The van der Waals surface area contributed by atoms with Crippen LogP contribution in [0.4, 0.5) is 0 Å². The number of rotatable bonds is 2. The van der Waals surface area contributed by atoms with Crippen LogP contribution in [0.1, 0.15) is 0 Å². The van der Waals surface area contributed by atoms with Crippen molar-refractivity contribution in [3.63, 3.8) is 0 Å². The van der Waals surface area contributed by atoms with Gasteiger partial charge in [-0.1, -0.05) is 0 Å². The van der Waals surface area contributed by atoms with E-state index < -0.39 is 0 Å². The first-order valence-electron chi connectivity index (χ1n) is 4.14. The minimum atomic E-state index is -0.254. The summed E-state index contributed by atoms with van der Waals surface area (Å²) in [5.41, 5.74) is 0.850. The molecule has 0 aliphatic carbocycles. The van der Waals surface area contributed by atoms with Crippen molar-refractivity contribution in [1.82, 2.24) is 4.98 Å². The molecule has 2 aromatic rings. The van der Waals surface area contributed by atoms with Crippen LogP contribution >= 0.6 is 11.6 Å². The van der Waals surface area contributed by atoms with Gasteiger partial charge >= 0.3 is 93.0 Å². The van der Waals surface area contributed by atoms with E-state index in [9.17, 15) is 0 Å². The molecule has 0 spiro atoms. The fraction of sp³-hybridized carbons (Fsp3) is 0. The molecule has 0 radical (unpaired) electrons. The Morgan fingerprint density at radius 3 is 2.93 bits per heavy atom. The van der Waals surface area contributed by atoms with E-state index in [-0.39, 0.29) is 15.1 Å². The first-order valence-corrected chi connectivity index (χ1v) is 5.80. The molecule has 0 aliphatic heterocycles. The van der Waals surface area contributed by atoms with E-state index in [1.54, 1.807) is 6.07 Å². The first kappa shape index (κ1) is 9.67. The average molecular weight is 220 g/mol. The fourth-order valence-electron chi connectivity index (χ4n) is 1.29. The van der Waals surface area contributed by atoms with Crippen molar-refractivity contribution in [3.05, 3.63) is 35.5 Å². The Morgan fingerprint density at radius 1 is 1.29 bits per heavy atom. The normalized spacial score (nSPS) is 9.79. The van der Waals surface area contributed by atoms with Crippen LogP contribution in [0.15, 0.2) is 30.3 Å². The van der Waals surface area contributed by atoms with Crippen molar-refractivity contribution >= 4 is 43.0 Å². The summed E-state index contributed by atoms with van der Waals surface area (Å²) in [6, 6.07) is 9.39. The molecule has 0 fully saturated rings. The molecule has 1 heterocycles. The van der Waals surface area contributed by atoms with Crippen molar-refractivity contribution in [1.29, 1.82) is 0 Å². The van der Waals surface area contributed by atoms with Crippen LogP contribution in [0.5, 0.6) is 5.75 Å². The molecular formula is C10H7AlClNO. The monoisotopic (exact) mass is 219 g/mol. The Balaban J connectivity index is 2.68. The topological polar surface area (TPSA) is 22.1 Å². The van der Waals surface area contributed by atoms with E-state index in [0.29, 0.717) is 5.15 Å². The van der Waals surface area contributed by atoms with Crippen LogP contribution < -0.4 is 3.79 Å². The zero-order chi connectivity index (χ0) is 9.97. The summed E-state index contributed by atoms with van der Waals surface area (Å²) in [7, 11) is 0. The Morgan fingerprint density at radius 2 is 2.14 bits per heavy atom. The van der Waals surface area contributed by atoms with Crippen LogP contribution in [0.3, 0.4) is 0 Å². The summed E-state index contributed by atoms with van der Waals surface area (Å²) in [4.78, 5) is 4.19. The molecule has 0 saturated heterocycles. The predicted octanol–water partition coefficient (Wildman–Crippen LogP) is 2.32. The van der Waals surface area contributed by atoms with Crippen molar-refractivity contribution in [2.75, 3.05) is 0 Å². The molecule has 0 unspecified atom stereocenters. The van der Waals surface area contributed by atoms with Crippen molar-refractivity contribution in [3.8, 4) is 5.75 Å². The summed E-state index contributed by atoms with van der Waals surface area (Å²) in [6.07, 6.45) is 0.